The van der Waals surface area contributed by atoms with Crippen molar-refractivity contribution < 1.29 is 20.9 Å². The van der Waals surface area contributed by atoms with Crippen LogP contribution in [0.15, 0.2) is 54.6 Å². The fraction of sp³-hybridized carbons (Fsp3) is 0.483. The number of thioether (sulfide) groups is 1. The lowest BCUT2D eigenvalue weighted by atomic mass is 9.93. The Hall–Kier alpha value is -3.04. The Balaban J connectivity index is 0.00000353. The summed E-state index contributed by atoms with van der Waals surface area (Å²) in [5.41, 5.74) is 2.55. The molecule has 3 aliphatic heterocycles. The minimum Gasteiger partial charge on any atom is -0.396 e. The Morgan fingerprint density at radius 2 is 1.76 bits per heavy atom. The highest BCUT2D eigenvalue weighted by Crippen LogP contribution is 2.45. The Bertz CT molecular complexity index is 1190. The summed E-state index contributed by atoms with van der Waals surface area (Å²) >= 11 is 1.53. The van der Waals surface area contributed by atoms with Gasteiger partial charge in [-0.15, -0.1) is 11.8 Å². The molecular formula is C29H38N4O4S. The normalized spacial score (nSPS) is 22.4. The van der Waals surface area contributed by atoms with Gasteiger partial charge in [0.15, 0.2) is 0 Å². The van der Waals surface area contributed by atoms with Gasteiger partial charge >= 0.3 is 6.03 Å². The van der Waals surface area contributed by atoms with Crippen molar-refractivity contribution in [1.82, 2.24) is 14.7 Å². The smallest absolute Gasteiger partial charge is 0.322 e. The second-order valence-corrected chi connectivity index (χ2v) is 12.5. The number of rotatable bonds is 7. The lowest BCUT2D eigenvalue weighted by Crippen LogP contribution is -2.51. The van der Waals surface area contributed by atoms with Crippen molar-refractivity contribution in [3.8, 4) is 0 Å². The molecule has 0 radical (unpaired) electrons. The predicted octanol–water partition coefficient (Wildman–Crippen LogP) is 4.32. The zero-order valence-corrected chi connectivity index (χ0v) is 22.8. The number of carbonyl (C=O) groups is 3. The van der Waals surface area contributed by atoms with Crippen LogP contribution in [0.5, 0.6) is 0 Å². The third-order valence-electron chi connectivity index (χ3n) is 7.72. The third kappa shape index (κ3) is 5.54. The van der Waals surface area contributed by atoms with E-state index in [0.29, 0.717) is 26.2 Å². The van der Waals surface area contributed by atoms with Crippen LogP contribution >= 0.6 is 11.8 Å². The summed E-state index contributed by atoms with van der Waals surface area (Å²) in [5.74, 6) is -0.0601. The largest absolute Gasteiger partial charge is 0.396 e. The zero-order valence-electron chi connectivity index (χ0n) is 22.0. The molecule has 2 N–H and O–H groups in total. The summed E-state index contributed by atoms with van der Waals surface area (Å²) in [5, 5.41) is 12.2. The van der Waals surface area contributed by atoms with Crippen molar-refractivity contribution in [3.63, 3.8) is 0 Å². The molecular weight excluding hydrogens is 500 g/mol. The molecule has 0 aromatic heterocycles. The Kier molecular flexibility index (Phi) is 7.68. The van der Waals surface area contributed by atoms with Crippen LogP contribution < -0.4 is 5.32 Å². The Morgan fingerprint density at radius 3 is 2.47 bits per heavy atom. The monoisotopic (exact) mass is 538 g/mol. The van der Waals surface area contributed by atoms with Crippen molar-refractivity contribution in [1.29, 1.82) is 0 Å². The number of para-hydroxylation sites is 1. The van der Waals surface area contributed by atoms with Gasteiger partial charge in [0.05, 0.1) is 5.25 Å². The number of hydrogen-bond donors (Lipinski definition) is 2. The SMILES string of the molecule is CC(C)(CO)CN1C(=O)C(CC(=O)N2CCC(N3Cc4ccccc4NC3=O)CC2)SC1c1ccccc1.[HH]. The number of urea groups is 1. The number of hydrogen-bond acceptors (Lipinski definition) is 5. The molecule has 2 fully saturated rings. The second kappa shape index (κ2) is 11.0. The number of anilines is 1. The highest BCUT2D eigenvalue weighted by atomic mass is 32.2. The summed E-state index contributed by atoms with van der Waals surface area (Å²) in [7, 11) is 0. The lowest BCUT2D eigenvalue weighted by molar-refractivity contribution is -0.137. The molecule has 8 nitrogen and oxygen atoms in total. The highest BCUT2D eigenvalue weighted by Gasteiger charge is 2.44. The summed E-state index contributed by atoms with van der Waals surface area (Å²) < 4.78 is 0. The average Bonchev–Trinajstić information content (AvgIpc) is 3.22. The van der Waals surface area contributed by atoms with Gasteiger partial charge < -0.3 is 25.1 Å². The molecule has 2 atom stereocenters. The summed E-state index contributed by atoms with van der Waals surface area (Å²) in [6, 6.07) is 17.7. The van der Waals surface area contributed by atoms with Crippen molar-refractivity contribution in [2.75, 3.05) is 31.6 Å². The van der Waals surface area contributed by atoms with Crippen molar-refractivity contribution in [2.45, 2.75) is 56.3 Å². The number of benzene rings is 2. The zero-order chi connectivity index (χ0) is 26.9. The number of nitrogens with one attached hydrogen (secondary N) is 1. The summed E-state index contributed by atoms with van der Waals surface area (Å²) in [6.45, 7) is 6.00. The number of amides is 4. The molecule has 2 aromatic rings. The quantitative estimate of drug-likeness (QED) is 0.548. The third-order valence-corrected chi connectivity index (χ3v) is 9.21. The van der Waals surface area contributed by atoms with Gasteiger partial charge in [0.1, 0.15) is 5.37 Å². The second-order valence-electron chi connectivity index (χ2n) is 11.2. The first-order chi connectivity index (χ1) is 18.3. The Labute approximate surface area is 229 Å². The van der Waals surface area contributed by atoms with Crippen LogP contribution in [0.25, 0.3) is 0 Å². The van der Waals surface area contributed by atoms with E-state index < -0.39 is 10.7 Å². The standard InChI is InChI=1S/C29H36N4O4S.H2/c1-29(2,19-34)18-33-26(36)24(38-27(33)20-8-4-3-5-9-20)16-25(35)31-14-12-22(13-15-31)32-17-21-10-6-7-11-23(21)30-28(32)37;/h3-11,22,24,27,34H,12-19H2,1-2H3,(H,30,37);1H. The number of aliphatic hydroxyl groups is 1. The van der Waals surface area contributed by atoms with Gasteiger partial charge in [-0.05, 0) is 30.0 Å². The van der Waals surface area contributed by atoms with E-state index in [-0.39, 0.29) is 43.7 Å². The van der Waals surface area contributed by atoms with Crippen LogP contribution in [0.3, 0.4) is 0 Å². The van der Waals surface area contributed by atoms with E-state index in [1.165, 1.54) is 11.8 Å². The summed E-state index contributed by atoms with van der Waals surface area (Å²) in [4.78, 5) is 45.1. The van der Waals surface area contributed by atoms with E-state index in [9.17, 15) is 19.5 Å². The van der Waals surface area contributed by atoms with Crippen LogP contribution in [0.1, 0.15) is 51.0 Å². The van der Waals surface area contributed by atoms with E-state index in [0.717, 1.165) is 29.7 Å². The van der Waals surface area contributed by atoms with Gasteiger partial charge in [-0.1, -0.05) is 62.4 Å². The molecule has 9 heteroatoms. The first-order valence-electron chi connectivity index (χ1n) is 13.3. The molecule has 2 aromatic carbocycles. The van der Waals surface area contributed by atoms with E-state index in [2.05, 4.69) is 5.32 Å². The molecule has 0 spiro atoms. The summed E-state index contributed by atoms with van der Waals surface area (Å²) in [6.07, 6.45) is 1.60. The molecule has 2 unspecified atom stereocenters. The number of fused-ring (bicyclic) bond motifs is 1. The number of carbonyl (C=O) groups excluding carboxylic acids is 3. The number of piperidine rings is 1. The van der Waals surface area contributed by atoms with E-state index in [1.54, 1.807) is 0 Å². The lowest BCUT2D eigenvalue weighted by Gasteiger charge is -2.40. The van der Waals surface area contributed by atoms with Gasteiger partial charge in [0.2, 0.25) is 11.8 Å². The van der Waals surface area contributed by atoms with Gasteiger partial charge in [0, 0.05) is 57.8 Å². The van der Waals surface area contributed by atoms with Gasteiger partial charge in [-0.2, -0.15) is 0 Å². The topological polar surface area (TPSA) is 93.2 Å². The molecule has 3 heterocycles. The molecule has 0 aliphatic carbocycles. The first-order valence-corrected chi connectivity index (χ1v) is 14.2. The molecule has 3 aliphatic rings. The number of nitrogens with zero attached hydrogens (tertiary/aromatic N) is 3. The molecule has 0 bridgehead atoms. The van der Waals surface area contributed by atoms with Crippen LogP contribution in [-0.4, -0.2) is 75.2 Å². The van der Waals surface area contributed by atoms with Crippen molar-refractivity contribution in [2.24, 2.45) is 5.41 Å². The predicted molar refractivity (Wildman–Crippen MR) is 150 cm³/mol. The van der Waals surface area contributed by atoms with E-state index in [4.69, 9.17) is 0 Å². The minimum atomic E-state index is -0.454. The molecule has 4 amide bonds. The van der Waals surface area contributed by atoms with Gasteiger partial charge in [-0.25, -0.2) is 4.79 Å². The van der Waals surface area contributed by atoms with Gasteiger partial charge in [0.25, 0.3) is 0 Å². The fourth-order valence-electron chi connectivity index (χ4n) is 5.50. The van der Waals surface area contributed by atoms with Crippen LogP contribution in [0.4, 0.5) is 10.5 Å². The first kappa shape index (κ1) is 26.6. The minimum absolute atomic E-state index is 0. The van der Waals surface area contributed by atoms with Crippen LogP contribution in [0.2, 0.25) is 0 Å². The average molecular weight is 539 g/mol. The van der Waals surface area contributed by atoms with Crippen molar-refractivity contribution in [3.05, 3.63) is 65.7 Å². The molecule has 204 valence electrons. The number of aliphatic hydroxyl groups excluding tert-OH is 1. The van der Waals surface area contributed by atoms with Gasteiger partial charge in [-0.3, -0.25) is 9.59 Å². The molecule has 2 saturated heterocycles. The number of likely N-dealkylation sites (tertiary alicyclic amines) is 1. The maximum Gasteiger partial charge on any atom is 0.322 e. The molecule has 0 saturated carbocycles. The maximum atomic E-state index is 13.5. The highest BCUT2D eigenvalue weighted by molar-refractivity contribution is 8.01. The van der Waals surface area contributed by atoms with Crippen LogP contribution in [-0.2, 0) is 16.1 Å². The molecule has 38 heavy (non-hydrogen) atoms. The fourth-order valence-corrected chi connectivity index (χ4v) is 6.94. The Morgan fingerprint density at radius 1 is 1.08 bits per heavy atom. The molecule has 5 rings (SSSR count). The van der Waals surface area contributed by atoms with E-state index in [1.807, 2.05) is 83.1 Å². The maximum absolute atomic E-state index is 13.5. The van der Waals surface area contributed by atoms with E-state index >= 15 is 0 Å². The van der Waals surface area contributed by atoms with Crippen LogP contribution in [0, 0.1) is 5.41 Å². The van der Waals surface area contributed by atoms with Crippen molar-refractivity contribution >= 4 is 35.3 Å².